The minimum Gasteiger partial charge on any atom is -0.507 e. The molecule has 1 aliphatic rings. The zero-order chi connectivity index (χ0) is 28.4. The lowest BCUT2D eigenvalue weighted by molar-refractivity contribution is -0.146. The van der Waals surface area contributed by atoms with Gasteiger partial charge < -0.3 is 24.6 Å². The molecule has 0 aromatic heterocycles. The van der Waals surface area contributed by atoms with Crippen molar-refractivity contribution in [1.82, 2.24) is 5.32 Å². The number of esters is 1. The minimum absolute atomic E-state index is 0.0602. The Labute approximate surface area is 222 Å². The molecule has 3 rings (SSSR count). The van der Waals surface area contributed by atoms with Crippen LogP contribution >= 0.6 is 11.6 Å². The number of carbonyl (C=O) groups is 3. The minimum atomic E-state index is -4.65. The standard InChI is InChI=1S/C26H27ClF3NO7/c1-12(38-13(2)32)24-16(7-8-31-24)22-20(36-3)11-21(37-4)23(25(22)35)19(34)10-18(33)15-6-5-14(9-17(15)27)26(28,29)30/h5-6,9,11-12,16,24,31,35H,7-8,10H2,1-4H3. The Morgan fingerprint density at radius 3 is 2.34 bits per heavy atom. The van der Waals surface area contributed by atoms with Crippen molar-refractivity contribution in [2.45, 2.75) is 50.9 Å². The summed E-state index contributed by atoms with van der Waals surface area (Å²) in [4.78, 5) is 37.6. The molecular weight excluding hydrogens is 531 g/mol. The molecular formula is C26H27ClF3NO7. The number of phenolic OH excluding ortho intramolecular Hbond substituents is 1. The topological polar surface area (TPSA) is 111 Å². The molecule has 1 fully saturated rings. The number of carbonyl (C=O) groups excluding carboxylic acids is 3. The zero-order valence-electron chi connectivity index (χ0n) is 21.1. The summed E-state index contributed by atoms with van der Waals surface area (Å²) < 4.78 is 54.9. The molecule has 3 atom stereocenters. The highest BCUT2D eigenvalue weighted by atomic mass is 35.5. The van der Waals surface area contributed by atoms with E-state index in [0.29, 0.717) is 25.1 Å². The number of ketones is 2. The molecule has 206 valence electrons. The number of methoxy groups -OCH3 is 2. The molecule has 0 aliphatic carbocycles. The van der Waals surface area contributed by atoms with Crippen LogP contribution in [0.2, 0.25) is 5.02 Å². The molecule has 0 bridgehead atoms. The van der Waals surface area contributed by atoms with Crippen molar-refractivity contribution in [3.05, 3.63) is 51.5 Å². The van der Waals surface area contributed by atoms with Crippen LogP contribution in [0.3, 0.4) is 0 Å². The summed E-state index contributed by atoms with van der Waals surface area (Å²) in [6.07, 6.45) is -5.51. The van der Waals surface area contributed by atoms with Gasteiger partial charge in [0.25, 0.3) is 0 Å². The largest absolute Gasteiger partial charge is 0.507 e. The second kappa shape index (κ2) is 11.6. The fraction of sp³-hybridized carbons (Fsp3) is 0.423. The Bertz CT molecular complexity index is 1250. The molecule has 1 heterocycles. The van der Waals surface area contributed by atoms with E-state index in [1.165, 1.54) is 27.2 Å². The predicted octanol–water partition coefficient (Wildman–Crippen LogP) is 4.93. The molecule has 0 spiro atoms. The van der Waals surface area contributed by atoms with Crippen molar-refractivity contribution >= 4 is 29.1 Å². The van der Waals surface area contributed by atoms with Crippen LogP contribution < -0.4 is 14.8 Å². The number of rotatable bonds is 9. The van der Waals surface area contributed by atoms with Gasteiger partial charge in [-0.05, 0) is 38.1 Å². The third kappa shape index (κ3) is 6.05. The first-order valence-corrected chi connectivity index (χ1v) is 12.0. The fourth-order valence-electron chi connectivity index (χ4n) is 4.72. The first kappa shape index (κ1) is 29.2. The lowest BCUT2D eigenvalue weighted by Gasteiger charge is -2.28. The van der Waals surface area contributed by atoms with Crippen molar-refractivity contribution in [3.8, 4) is 17.2 Å². The number of phenols is 1. The van der Waals surface area contributed by atoms with E-state index < -0.39 is 64.5 Å². The summed E-state index contributed by atoms with van der Waals surface area (Å²) in [5.74, 6) is -2.89. The quantitative estimate of drug-likeness (QED) is 0.253. The van der Waals surface area contributed by atoms with Gasteiger partial charge >= 0.3 is 12.1 Å². The molecule has 2 N–H and O–H groups in total. The van der Waals surface area contributed by atoms with Gasteiger partial charge in [0.15, 0.2) is 11.6 Å². The van der Waals surface area contributed by atoms with Crippen LogP contribution in [0.1, 0.15) is 64.4 Å². The molecule has 2 aromatic carbocycles. The Morgan fingerprint density at radius 2 is 1.79 bits per heavy atom. The Hall–Kier alpha value is -3.31. The highest BCUT2D eigenvalue weighted by Gasteiger charge is 2.39. The second-order valence-electron chi connectivity index (χ2n) is 8.82. The van der Waals surface area contributed by atoms with Gasteiger partial charge in [0.1, 0.15) is 28.9 Å². The van der Waals surface area contributed by atoms with Crippen LogP contribution in [0.25, 0.3) is 0 Å². The van der Waals surface area contributed by atoms with Gasteiger partial charge in [0, 0.05) is 30.0 Å². The highest BCUT2D eigenvalue weighted by molar-refractivity contribution is 6.34. The average molecular weight is 558 g/mol. The van der Waals surface area contributed by atoms with Crippen molar-refractivity contribution in [2.24, 2.45) is 0 Å². The van der Waals surface area contributed by atoms with E-state index in [2.05, 4.69) is 5.32 Å². The molecule has 0 amide bonds. The van der Waals surface area contributed by atoms with Gasteiger partial charge in [-0.3, -0.25) is 14.4 Å². The van der Waals surface area contributed by atoms with Crippen molar-refractivity contribution in [3.63, 3.8) is 0 Å². The van der Waals surface area contributed by atoms with Crippen molar-refractivity contribution in [2.75, 3.05) is 20.8 Å². The number of aromatic hydroxyl groups is 1. The molecule has 0 saturated carbocycles. The maximum absolute atomic E-state index is 13.3. The molecule has 8 nitrogen and oxygen atoms in total. The van der Waals surface area contributed by atoms with Crippen molar-refractivity contribution < 1.29 is 46.9 Å². The Balaban J connectivity index is 1.99. The Kier molecular flexibility index (Phi) is 8.94. The third-order valence-electron chi connectivity index (χ3n) is 6.40. The summed E-state index contributed by atoms with van der Waals surface area (Å²) in [5, 5.41) is 14.1. The van der Waals surface area contributed by atoms with E-state index in [9.17, 15) is 32.7 Å². The van der Waals surface area contributed by atoms with Gasteiger partial charge in [-0.2, -0.15) is 13.2 Å². The lowest BCUT2D eigenvalue weighted by atomic mass is 9.85. The van der Waals surface area contributed by atoms with E-state index in [4.69, 9.17) is 25.8 Å². The summed E-state index contributed by atoms with van der Waals surface area (Å²) in [6, 6.07) is 3.21. The van der Waals surface area contributed by atoms with E-state index in [1.807, 2.05) is 0 Å². The molecule has 12 heteroatoms. The smallest absolute Gasteiger partial charge is 0.416 e. The predicted molar refractivity (Wildman–Crippen MR) is 131 cm³/mol. The molecule has 3 unspecified atom stereocenters. The van der Waals surface area contributed by atoms with Crippen LogP contribution in [-0.2, 0) is 15.7 Å². The molecule has 1 saturated heterocycles. The first-order chi connectivity index (χ1) is 17.8. The van der Waals surface area contributed by atoms with Crippen LogP contribution in [0, 0.1) is 0 Å². The maximum atomic E-state index is 13.3. The number of benzene rings is 2. The molecule has 2 aromatic rings. The summed E-state index contributed by atoms with van der Waals surface area (Å²) in [7, 11) is 2.64. The van der Waals surface area contributed by atoms with E-state index in [0.717, 1.165) is 6.07 Å². The monoisotopic (exact) mass is 557 g/mol. The summed E-state index contributed by atoms with van der Waals surface area (Å²) >= 11 is 5.92. The lowest BCUT2D eigenvalue weighted by Crippen LogP contribution is -2.39. The van der Waals surface area contributed by atoms with Gasteiger partial charge in [-0.15, -0.1) is 0 Å². The fourth-order valence-corrected chi connectivity index (χ4v) is 5.01. The molecule has 1 aliphatic heterocycles. The Morgan fingerprint density at radius 1 is 1.13 bits per heavy atom. The van der Waals surface area contributed by atoms with E-state index in [1.54, 1.807) is 6.92 Å². The SMILES string of the molecule is COc1cc(OC)c(C2CCNC2C(C)OC(C)=O)c(O)c1C(=O)CC(=O)c1ccc(C(F)(F)F)cc1Cl. The summed E-state index contributed by atoms with van der Waals surface area (Å²) in [6.45, 7) is 3.51. The number of hydrogen-bond acceptors (Lipinski definition) is 8. The number of halogens is 4. The number of hydrogen-bond donors (Lipinski definition) is 2. The van der Waals surface area contributed by atoms with Crippen LogP contribution in [0.5, 0.6) is 17.2 Å². The summed E-state index contributed by atoms with van der Waals surface area (Å²) in [5.41, 5.74) is -1.32. The first-order valence-electron chi connectivity index (χ1n) is 11.6. The number of Topliss-reactive ketones (excluding diaryl/α,β-unsaturated/α-hetero) is 2. The van der Waals surface area contributed by atoms with Gasteiger partial charge in [-0.1, -0.05) is 11.6 Å². The normalized spacial score (nSPS) is 18.1. The zero-order valence-corrected chi connectivity index (χ0v) is 21.8. The van der Waals surface area contributed by atoms with Crippen LogP contribution in [-0.4, -0.2) is 55.6 Å². The average Bonchev–Trinajstić information content (AvgIpc) is 3.31. The van der Waals surface area contributed by atoms with Crippen LogP contribution in [0.15, 0.2) is 24.3 Å². The highest BCUT2D eigenvalue weighted by Crippen LogP contribution is 2.47. The number of alkyl halides is 3. The van der Waals surface area contributed by atoms with Crippen LogP contribution in [0.4, 0.5) is 13.2 Å². The third-order valence-corrected chi connectivity index (χ3v) is 6.71. The second-order valence-corrected chi connectivity index (χ2v) is 9.23. The number of ether oxygens (including phenoxy) is 3. The van der Waals surface area contributed by atoms with E-state index in [-0.39, 0.29) is 28.2 Å². The van der Waals surface area contributed by atoms with Gasteiger partial charge in [-0.25, -0.2) is 0 Å². The van der Waals surface area contributed by atoms with Gasteiger partial charge in [0.2, 0.25) is 0 Å². The van der Waals surface area contributed by atoms with E-state index >= 15 is 0 Å². The maximum Gasteiger partial charge on any atom is 0.416 e. The molecule has 38 heavy (non-hydrogen) atoms. The van der Waals surface area contributed by atoms with Gasteiger partial charge in [0.05, 0.1) is 37.3 Å². The number of nitrogens with one attached hydrogen (secondary N) is 1. The molecule has 0 radical (unpaired) electrons. The van der Waals surface area contributed by atoms with Crippen molar-refractivity contribution in [1.29, 1.82) is 0 Å².